The van der Waals surface area contributed by atoms with Crippen molar-refractivity contribution in [1.29, 1.82) is 0 Å². The first kappa shape index (κ1) is 8.76. The van der Waals surface area contributed by atoms with Gasteiger partial charge in [0, 0.05) is 12.3 Å². The maximum absolute atomic E-state index is 11.4. The molecule has 64 valence electrons. The molecule has 1 rings (SSSR count). The first-order valence-corrected chi connectivity index (χ1v) is 4.76. The van der Waals surface area contributed by atoms with Crippen molar-refractivity contribution in [3.05, 3.63) is 0 Å². The lowest BCUT2D eigenvalue weighted by Gasteiger charge is -2.24. The number of hydrogen-bond donors (Lipinski definition) is 0. The molecule has 0 radical (unpaired) electrons. The van der Waals surface area contributed by atoms with E-state index in [-0.39, 0.29) is 0 Å². The molecule has 1 nitrogen and oxygen atoms in total. The normalized spacial score (nSPS) is 32.4. The highest BCUT2D eigenvalue weighted by Crippen LogP contribution is 2.28. The average Bonchev–Trinajstić information content (AvgIpc) is 1.95. The molecule has 1 saturated carbocycles. The number of carbonyl (C=O) groups excluding carboxylic acids is 1. The molecule has 0 aromatic rings. The standard InChI is InChI=1S/C10H18O/c1-3-4-9-6-5-8(2)7-10(9)11/h8-9H,3-7H2,1-2H3/t8-,9-/m1/s1. The average molecular weight is 154 g/mol. The van der Waals surface area contributed by atoms with Gasteiger partial charge in [-0.3, -0.25) is 4.79 Å². The molecule has 0 aromatic heterocycles. The van der Waals surface area contributed by atoms with Gasteiger partial charge in [0.05, 0.1) is 0 Å². The van der Waals surface area contributed by atoms with E-state index in [9.17, 15) is 4.79 Å². The molecule has 1 aliphatic rings. The van der Waals surface area contributed by atoms with E-state index in [1.807, 2.05) is 0 Å². The third kappa shape index (κ3) is 2.32. The molecule has 0 saturated heterocycles. The van der Waals surface area contributed by atoms with Gasteiger partial charge in [0.1, 0.15) is 5.78 Å². The minimum Gasteiger partial charge on any atom is -0.299 e. The van der Waals surface area contributed by atoms with Crippen LogP contribution in [-0.4, -0.2) is 5.78 Å². The molecule has 0 aliphatic heterocycles. The largest absolute Gasteiger partial charge is 0.299 e. The maximum atomic E-state index is 11.4. The van der Waals surface area contributed by atoms with Gasteiger partial charge in [-0.2, -0.15) is 0 Å². The molecule has 0 unspecified atom stereocenters. The summed E-state index contributed by atoms with van der Waals surface area (Å²) in [6.07, 6.45) is 5.52. The molecular formula is C10H18O. The summed E-state index contributed by atoms with van der Waals surface area (Å²) in [5, 5.41) is 0. The zero-order valence-electron chi connectivity index (χ0n) is 7.60. The lowest BCUT2D eigenvalue weighted by Crippen LogP contribution is -2.23. The first-order chi connectivity index (χ1) is 5.24. The van der Waals surface area contributed by atoms with Crippen LogP contribution >= 0.6 is 0 Å². The van der Waals surface area contributed by atoms with Crippen molar-refractivity contribution in [3.63, 3.8) is 0 Å². The van der Waals surface area contributed by atoms with E-state index in [1.54, 1.807) is 0 Å². The van der Waals surface area contributed by atoms with Gasteiger partial charge in [0.2, 0.25) is 0 Å². The number of carbonyl (C=O) groups is 1. The van der Waals surface area contributed by atoms with Crippen LogP contribution in [0.15, 0.2) is 0 Å². The lowest BCUT2D eigenvalue weighted by molar-refractivity contribution is -0.126. The quantitative estimate of drug-likeness (QED) is 0.597. The molecule has 1 fully saturated rings. The Hall–Kier alpha value is -0.330. The fourth-order valence-electron chi connectivity index (χ4n) is 1.91. The Morgan fingerprint density at radius 3 is 2.73 bits per heavy atom. The topological polar surface area (TPSA) is 17.1 Å². The minimum atomic E-state index is 0.413. The second-order valence-corrected chi connectivity index (χ2v) is 3.84. The van der Waals surface area contributed by atoms with Crippen LogP contribution in [0.4, 0.5) is 0 Å². The van der Waals surface area contributed by atoms with Crippen LogP contribution in [-0.2, 0) is 4.79 Å². The minimum absolute atomic E-state index is 0.413. The van der Waals surface area contributed by atoms with Crippen LogP contribution in [0.25, 0.3) is 0 Å². The molecule has 0 N–H and O–H groups in total. The van der Waals surface area contributed by atoms with Crippen molar-refractivity contribution in [2.75, 3.05) is 0 Å². The van der Waals surface area contributed by atoms with Crippen molar-refractivity contribution in [3.8, 4) is 0 Å². The Bertz CT molecular complexity index is 140. The van der Waals surface area contributed by atoms with Crippen molar-refractivity contribution in [1.82, 2.24) is 0 Å². The first-order valence-electron chi connectivity index (χ1n) is 4.76. The Morgan fingerprint density at radius 2 is 2.18 bits per heavy atom. The highest BCUT2D eigenvalue weighted by molar-refractivity contribution is 5.81. The predicted octanol–water partition coefficient (Wildman–Crippen LogP) is 2.79. The monoisotopic (exact) mass is 154 g/mol. The van der Waals surface area contributed by atoms with Crippen molar-refractivity contribution in [2.45, 2.75) is 46.0 Å². The third-order valence-corrected chi connectivity index (χ3v) is 2.65. The summed E-state index contributed by atoms with van der Waals surface area (Å²) >= 11 is 0. The predicted molar refractivity (Wildman–Crippen MR) is 46.4 cm³/mol. The number of hydrogen-bond acceptors (Lipinski definition) is 1. The highest BCUT2D eigenvalue weighted by Gasteiger charge is 2.24. The molecule has 0 bridgehead atoms. The fourth-order valence-corrected chi connectivity index (χ4v) is 1.91. The lowest BCUT2D eigenvalue weighted by atomic mass is 9.80. The van der Waals surface area contributed by atoms with E-state index < -0.39 is 0 Å². The van der Waals surface area contributed by atoms with Crippen LogP contribution in [0.1, 0.15) is 46.0 Å². The number of Topliss-reactive ketones (excluding diaryl/α,β-unsaturated/α-hetero) is 1. The van der Waals surface area contributed by atoms with Crippen molar-refractivity contribution < 1.29 is 4.79 Å². The highest BCUT2D eigenvalue weighted by atomic mass is 16.1. The van der Waals surface area contributed by atoms with Gasteiger partial charge in [0.15, 0.2) is 0 Å². The van der Waals surface area contributed by atoms with Gasteiger partial charge >= 0.3 is 0 Å². The summed E-state index contributed by atoms with van der Waals surface area (Å²) in [4.78, 5) is 11.4. The number of rotatable bonds is 2. The molecule has 0 heterocycles. The molecular weight excluding hydrogens is 136 g/mol. The molecule has 0 spiro atoms. The van der Waals surface area contributed by atoms with Gasteiger partial charge in [-0.1, -0.05) is 20.3 Å². The summed E-state index contributed by atoms with van der Waals surface area (Å²) in [7, 11) is 0. The van der Waals surface area contributed by atoms with E-state index in [0.29, 0.717) is 17.6 Å². The Labute approximate surface area is 69.2 Å². The van der Waals surface area contributed by atoms with Gasteiger partial charge in [-0.15, -0.1) is 0 Å². The molecule has 1 heteroatoms. The van der Waals surface area contributed by atoms with Crippen molar-refractivity contribution >= 4 is 5.78 Å². The van der Waals surface area contributed by atoms with Crippen LogP contribution in [0.5, 0.6) is 0 Å². The number of ketones is 1. The maximum Gasteiger partial charge on any atom is 0.136 e. The van der Waals surface area contributed by atoms with E-state index in [2.05, 4.69) is 13.8 Å². The van der Waals surface area contributed by atoms with Gasteiger partial charge in [-0.25, -0.2) is 0 Å². The molecule has 0 aromatic carbocycles. The Balaban J connectivity index is 2.38. The van der Waals surface area contributed by atoms with Crippen LogP contribution in [0.2, 0.25) is 0 Å². The van der Waals surface area contributed by atoms with Crippen molar-refractivity contribution in [2.24, 2.45) is 11.8 Å². The zero-order valence-corrected chi connectivity index (χ0v) is 7.60. The van der Waals surface area contributed by atoms with Crippen LogP contribution < -0.4 is 0 Å². The Kier molecular flexibility index (Phi) is 3.10. The Morgan fingerprint density at radius 1 is 1.45 bits per heavy atom. The summed E-state index contributed by atoms with van der Waals surface area (Å²) in [6, 6.07) is 0. The third-order valence-electron chi connectivity index (χ3n) is 2.65. The second kappa shape index (κ2) is 3.89. The summed E-state index contributed by atoms with van der Waals surface area (Å²) in [5.41, 5.74) is 0. The zero-order chi connectivity index (χ0) is 8.27. The molecule has 0 amide bonds. The molecule has 1 aliphatic carbocycles. The smallest absolute Gasteiger partial charge is 0.136 e. The SMILES string of the molecule is CCC[C@@H]1CC[C@@H](C)CC1=O. The van der Waals surface area contributed by atoms with Gasteiger partial charge in [-0.05, 0) is 25.2 Å². The summed E-state index contributed by atoms with van der Waals surface area (Å²) in [5.74, 6) is 1.58. The molecule has 2 atom stereocenters. The fraction of sp³-hybridized carbons (Fsp3) is 0.900. The summed E-state index contributed by atoms with van der Waals surface area (Å²) < 4.78 is 0. The van der Waals surface area contributed by atoms with E-state index in [0.717, 1.165) is 25.7 Å². The van der Waals surface area contributed by atoms with E-state index in [4.69, 9.17) is 0 Å². The van der Waals surface area contributed by atoms with Gasteiger partial charge in [0.25, 0.3) is 0 Å². The van der Waals surface area contributed by atoms with Crippen LogP contribution in [0.3, 0.4) is 0 Å². The second-order valence-electron chi connectivity index (χ2n) is 3.84. The van der Waals surface area contributed by atoms with Gasteiger partial charge < -0.3 is 0 Å². The van der Waals surface area contributed by atoms with Crippen LogP contribution in [0, 0.1) is 11.8 Å². The van der Waals surface area contributed by atoms with E-state index in [1.165, 1.54) is 6.42 Å². The summed E-state index contributed by atoms with van der Waals surface area (Å²) in [6.45, 7) is 4.34. The molecule has 11 heavy (non-hydrogen) atoms. The van der Waals surface area contributed by atoms with E-state index >= 15 is 0 Å².